The van der Waals surface area contributed by atoms with Crippen LogP contribution in [0.4, 0.5) is 0 Å². The monoisotopic (exact) mass is 276 g/mol. The van der Waals surface area contributed by atoms with Gasteiger partial charge < -0.3 is 4.74 Å². The van der Waals surface area contributed by atoms with Gasteiger partial charge in [-0.3, -0.25) is 4.79 Å². The maximum Gasteiger partial charge on any atom is 0.338 e. The molecule has 1 rings (SSSR count). The van der Waals surface area contributed by atoms with Gasteiger partial charge in [-0.05, 0) is 25.0 Å². The van der Waals surface area contributed by atoms with Crippen LogP contribution in [0.3, 0.4) is 0 Å². The van der Waals surface area contributed by atoms with Gasteiger partial charge in [0.15, 0.2) is 12.4 Å². The number of hydrogen-bond donors (Lipinski definition) is 0. The van der Waals surface area contributed by atoms with Gasteiger partial charge in [0.1, 0.15) is 0 Å². The molecule has 110 valence electrons. The van der Waals surface area contributed by atoms with Crippen LogP contribution in [-0.4, -0.2) is 18.4 Å². The molecule has 0 aliphatic carbocycles. The zero-order valence-corrected chi connectivity index (χ0v) is 12.2. The van der Waals surface area contributed by atoms with Crippen LogP contribution in [0.2, 0.25) is 0 Å². The van der Waals surface area contributed by atoms with Crippen LogP contribution >= 0.6 is 0 Å². The van der Waals surface area contributed by atoms with E-state index in [-0.39, 0.29) is 0 Å². The van der Waals surface area contributed by atoms with Crippen LogP contribution in [0.15, 0.2) is 30.3 Å². The maximum absolute atomic E-state index is 11.8. The quantitative estimate of drug-likeness (QED) is 0.366. The topological polar surface area (TPSA) is 43.4 Å². The second-order valence-corrected chi connectivity index (χ2v) is 5.00. The lowest BCUT2D eigenvalue weighted by atomic mass is 10.1. The molecule has 0 radical (unpaired) electrons. The predicted octanol–water partition coefficient (Wildman–Crippen LogP) is 4.16. The van der Waals surface area contributed by atoms with E-state index in [4.69, 9.17) is 4.74 Å². The smallest absolute Gasteiger partial charge is 0.338 e. The number of carbonyl (C=O) groups excluding carboxylic acids is 2. The second kappa shape index (κ2) is 10.2. The van der Waals surface area contributed by atoms with Gasteiger partial charge in [-0.25, -0.2) is 4.79 Å². The molecule has 0 saturated heterocycles. The highest BCUT2D eigenvalue weighted by Gasteiger charge is 2.14. The molecule has 1 atom stereocenters. The van der Waals surface area contributed by atoms with Crippen molar-refractivity contribution in [2.75, 3.05) is 0 Å². The van der Waals surface area contributed by atoms with E-state index < -0.39 is 12.1 Å². The summed E-state index contributed by atoms with van der Waals surface area (Å²) in [4.78, 5) is 22.8. The first-order valence-corrected chi connectivity index (χ1v) is 7.49. The van der Waals surface area contributed by atoms with Crippen molar-refractivity contribution >= 4 is 12.3 Å². The van der Waals surface area contributed by atoms with Crippen molar-refractivity contribution in [3.8, 4) is 0 Å². The van der Waals surface area contributed by atoms with E-state index in [9.17, 15) is 9.59 Å². The molecule has 0 amide bonds. The Balaban J connectivity index is 2.25. The molecule has 0 heterocycles. The molecule has 0 spiro atoms. The zero-order chi connectivity index (χ0) is 14.6. The van der Waals surface area contributed by atoms with Crippen molar-refractivity contribution in [1.82, 2.24) is 0 Å². The third-order valence-electron chi connectivity index (χ3n) is 3.26. The van der Waals surface area contributed by atoms with Crippen LogP contribution in [0.25, 0.3) is 0 Å². The summed E-state index contributed by atoms with van der Waals surface area (Å²) in [6, 6.07) is 8.77. The van der Waals surface area contributed by atoms with Gasteiger partial charge >= 0.3 is 5.97 Å². The van der Waals surface area contributed by atoms with Crippen LogP contribution in [0.5, 0.6) is 0 Å². The van der Waals surface area contributed by atoms with Crippen molar-refractivity contribution in [3.63, 3.8) is 0 Å². The second-order valence-electron chi connectivity index (χ2n) is 5.00. The van der Waals surface area contributed by atoms with Crippen molar-refractivity contribution in [2.24, 2.45) is 0 Å². The number of aldehydes is 1. The van der Waals surface area contributed by atoms with Crippen molar-refractivity contribution in [2.45, 2.75) is 58.0 Å². The summed E-state index contributed by atoms with van der Waals surface area (Å²) in [6.07, 6.45) is 7.67. The summed E-state index contributed by atoms with van der Waals surface area (Å²) in [5.41, 5.74) is 0.488. The number of unbranched alkanes of at least 4 members (excludes halogenated alkanes) is 5. The summed E-state index contributed by atoms with van der Waals surface area (Å²) in [5, 5.41) is 0. The third-order valence-corrected chi connectivity index (χ3v) is 3.26. The first kappa shape index (κ1) is 16.4. The number of benzene rings is 1. The number of ether oxygens (including phenoxy) is 1. The molecule has 0 fully saturated rings. The molecule has 3 nitrogen and oxygen atoms in total. The standard InChI is InChI=1S/C17H24O3/c1-2-3-4-5-6-10-13-16(14-18)20-17(19)15-11-8-7-9-12-15/h7-9,11-12,14,16H,2-6,10,13H2,1H3/t16-/m0/s1. The normalized spacial score (nSPS) is 11.8. The molecule has 1 aromatic carbocycles. The number of hydrogen-bond acceptors (Lipinski definition) is 3. The Morgan fingerprint density at radius 3 is 2.40 bits per heavy atom. The lowest BCUT2D eigenvalue weighted by Gasteiger charge is -2.12. The van der Waals surface area contributed by atoms with E-state index in [1.807, 2.05) is 6.07 Å². The Bertz CT molecular complexity index is 386. The van der Waals surface area contributed by atoms with E-state index in [1.165, 1.54) is 25.7 Å². The molecule has 20 heavy (non-hydrogen) atoms. The van der Waals surface area contributed by atoms with Gasteiger partial charge in [0, 0.05) is 0 Å². The number of esters is 1. The van der Waals surface area contributed by atoms with E-state index >= 15 is 0 Å². The molecule has 0 aromatic heterocycles. The summed E-state index contributed by atoms with van der Waals surface area (Å²) in [6.45, 7) is 2.19. The molecule has 0 aliphatic heterocycles. The highest BCUT2D eigenvalue weighted by molar-refractivity contribution is 5.90. The fourth-order valence-electron chi connectivity index (χ4n) is 2.06. The lowest BCUT2D eigenvalue weighted by Crippen LogP contribution is -2.19. The molecule has 1 aromatic rings. The average Bonchev–Trinajstić information content (AvgIpc) is 2.50. The maximum atomic E-state index is 11.8. The van der Waals surface area contributed by atoms with E-state index in [0.29, 0.717) is 12.0 Å². The summed E-state index contributed by atoms with van der Waals surface area (Å²) in [7, 11) is 0. The van der Waals surface area contributed by atoms with Crippen LogP contribution < -0.4 is 0 Å². The first-order valence-electron chi connectivity index (χ1n) is 7.49. The fourth-order valence-corrected chi connectivity index (χ4v) is 2.06. The minimum absolute atomic E-state index is 0.423. The Kier molecular flexibility index (Phi) is 8.36. The van der Waals surface area contributed by atoms with Crippen molar-refractivity contribution < 1.29 is 14.3 Å². The summed E-state index contributed by atoms with van der Waals surface area (Å²) in [5.74, 6) is -0.423. The van der Waals surface area contributed by atoms with Crippen LogP contribution in [-0.2, 0) is 9.53 Å². The SMILES string of the molecule is CCCCCCCC[C@@H](C=O)OC(=O)c1ccccc1. The molecular weight excluding hydrogens is 252 g/mol. The average molecular weight is 276 g/mol. The van der Waals surface area contributed by atoms with E-state index in [1.54, 1.807) is 24.3 Å². The van der Waals surface area contributed by atoms with Gasteiger partial charge in [-0.2, -0.15) is 0 Å². The highest BCUT2D eigenvalue weighted by Crippen LogP contribution is 2.11. The van der Waals surface area contributed by atoms with Crippen molar-refractivity contribution in [1.29, 1.82) is 0 Å². The van der Waals surface area contributed by atoms with Gasteiger partial charge in [0.05, 0.1) is 5.56 Å². The first-order chi connectivity index (χ1) is 9.77. The highest BCUT2D eigenvalue weighted by atomic mass is 16.5. The summed E-state index contributed by atoms with van der Waals surface area (Å²) < 4.78 is 5.21. The summed E-state index contributed by atoms with van der Waals surface area (Å²) >= 11 is 0. The predicted molar refractivity (Wildman–Crippen MR) is 79.7 cm³/mol. The van der Waals surface area contributed by atoms with Gasteiger partial charge in [0.2, 0.25) is 0 Å². The molecule has 3 heteroatoms. The molecule has 0 bridgehead atoms. The zero-order valence-electron chi connectivity index (χ0n) is 12.2. The van der Waals surface area contributed by atoms with Gasteiger partial charge in [-0.1, -0.05) is 57.2 Å². The number of rotatable bonds is 10. The molecule has 0 unspecified atom stereocenters. The number of carbonyl (C=O) groups is 2. The minimum Gasteiger partial charge on any atom is -0.451 e. The Morgan fingerprint density at radius 2 is 1.75 bits per heavy atom. The molecule has 0 aliphatic rings. The van der Waals surface area contributed by atoms with Gasteiger partial charge in [0.25, 0.3) is 0 Å². The van der Waals surface area contributed by atoms with E-state index in [2.05, 4.69) is 6.92 Å². The van der Waals surface area contributed by atoms with E-state index in [0.717, 1.165) is 19.1 Å². The third kappa shape index (κ3) is 6.50. The van der Waals surface area contributed by atoms with Crippen LogP contribution in [0, 0.1) is 0 Å². The van der Waals surface area contributed by atoms with Crippen molar-refractivity contribution in [3.05, 3.63) is 35.9 Å². The molecular formula is C17H24O3. The largest absolute Gasteiger partial charge is 0.451 e. The van der Waals surface area contributed by atoms with Gasteiger partial charge in [-0.15, -0.1) is 0 Å². The Morgan fingerprint density at radius 1 is 1.10 bits per heavy atom. The Hall–Kier alpha value is -1.64. The lowest BCUT2D eigenvalue weighted by molar-refractivity contribution is -0.115. The molecule has 0 N–H and O–H groups in total. The minimum atomic E-state index is -0.617. The molecule has 0 saturated carbocycles. The fraction of sp³-hybridized carbons (Fsp3) is 0.529. The van der Waals surface area contributed by atoms with Crippen LogP contribution in [0.1, 0.15) is 62.2 Å². The Labute approximate surface area is 121 Å².